The zero-order valence-electron chi connectivity index (χ0n) is 17.1. The van der Waals surface area contributed by atoms with Crippen LogP contribution < -0.4 is 10.6 Å². The van der Waals surface area contributed by atoms with Crippen LogP contribution in [0.25, 0.3) is 0 Å². The average molecular weight is 565 g/mol. The van der Waals surface area contributed by atoms with E-state index in [1.54, 1.807) is 6.07 Å². The zero-order chi connectivity index (χ0) is 20.5. The SMILES string of the molecule is CCNC(=NCc1cccc(CN2CCOCC2)c1)NCC(O)c1ccc(Cl)s1.I. The monoisotopic (exact) mass is 564 g/mol. The molecule has 3 rings (SSSR count). The van der Waals surface area contributed by atoms with Crippen LogP contribution in [0.15, 0.2) is 41.4 Å². The summed E-state index contributed by atoms with van der Waals surface area (Å²) >= 11 is 7.34. The maximum absolute atomic E-state index is 10.3. The number of aliphatic imine (C=N–C) groups is 1. The zero-order valence-corrected chi connectivity index (χ0v) is 21.0. The van der Waals surface area contributed by atoms with Crippen molar-refractivity contribution in [2.45, 2.75) is 26.1 Å². The van der Waals surface area contributed by atoms with Gasteiger partial charge < -0.3 is 20.5 Å². The van der Waals surface area contributed by atoms with Gasteiger partial charge in [0.2, 0.25) is 0 Å². The number of thiophene rings is 1. The molecule has 3 N–H and O–H groups in total. The standard InChI is InChI=1S/C21H29ClN4O2S.HI/c1-2-23-21(25-14-18(27)19-6-7-20(22)29-19)24-13-16-4-3-5-17(12-16)15-26-8-10-28-11-9-26;/h3-7,12,18,27H,2,8-11,13-15H2,1H3,(H2,23,24,25);1H. The van der Waals surface area contributed by atoms with E-state index in [1.165, 1.54) is 22.5 Å². The maximum Gasteiger partial charge on any atom is 0.191 e. The molecule has 1 unspecified atom stereocenters. The van der Waals surface area contributed by atoms with Crippen LogP contribution in [0.3, 0.4) is 0 Å². The quantitative estimate of drug-likeness (QED) is 0.260. The average Bonchev–Trinajstić information content (AvgIpc) is 3.17. The molecule has 1 saturated heterocycles. The van der Waals surface area contributed by atoms with Crippen molar-refractivity contribution in [3.63, 3.8) is 0 Å². The third-order valence-electron chi connectivity index (χ3n) is 4.65. The van der Waals surface area contributed by atoms with Crippen LogP contribution in [-0.2, 0) is 17.8 Å². The fraction of sp³-hybridized carbons (Fsp3) is 0.476. The molecule has 1 aliphatic rings. The second-order valence-corrected chi connectivity index (χ2v) is 8.69. The molecule has 1 aliphatic heterocycles. The van der Waals surface area contributed by atoms with Crippen LogP contribution in [0.5, 0.6) is 0 Å². The van der Waals surface area contributed by atoms with Crippen LogP contribution in [0.4, 0.5) is 0 Å². The molecule has 6 nitrogen and oxygen atoms in total. The van der Waals surface area contributed by atoms with Gasteiger partial charge in [-0.3, -0.25) is 4.90 Å². The molecule has 0 amide bonds. The Morgan fingerprint density at radius 1 is 1.23 bits per heavy atom. The number of halogens is 2. The molecule has 2 heterocycles. The highest BCUT2D eigenvalue weighted by Crippen LogP contribution is 2.26. The van der Waals surface area contributed by atoms with Crippen LogP contribution >= 0.6 is 46.9 Å². The first-order chi connectivity index (χ1) is 14.1. The number of aliphatic hydroxyl groups is 1. The Hall–Kier alpha value is -0.910. The molecular formula is C21H30ClIN4O2S. The molecule has 1 aromatic carbocycles. The van der Waals surface area contributed by atoms with Gasteiger partial charge in [-0.25, -0.2) is 4.99 Å². The van der Waals surface area contributed by atoms with Crippen molar-refractivity contribution in [1.29, 1.82) is 0 Å². The lowest BCUT2D eigenvalue weighted by molar-refractivity contribution is 0.0342. The van der Waals surface area contributed by atoms with E-state index >= 15 is 0 Å². The molecular weight excluding hydrogens is 535 g/mol. The molecule has 9 heteroatoms. The number of nitrogens with one attached hydrogen (secondary N) is 2. The van der Waals surface area contributed by atoms with Gasteiger partial charge in [-0.2, -0.15) is 0 Å². The third kappa shape index (κ3) is 8.32. The summed E-state index contributed by atoms with van der Waals surface area (Å²) in [4.78, 5) is 7.92. The van der Waals surface area contributed by atoms with Crippen molar-refractivity contribution in [1.82, 2.24) is 15.5 Å². The molecule has 0 spiro atoms. The third-order valence-corrected chi connectivity index (χ3v) is 5.98. The van der Waals surface area contributed by atoms with Crippen molar-refractivity contribution in [3.8, 4) is 0 Å². The van der Waals surface area contributed by atoms with Crippen molar-refractivity contribution in [2.24, 2.45) is 4.99 Å². The lowest BCUT2D eigenvalue weighted by Gasteiger charge is -2.26. The molecule has 1 fully saturated rings. The summed E-state index contributed by atoms with van der Waals surface area (Å²) in [5.74, 6) is 0.688. The fourth-order valence-corrected chi connectivity index (χ4v) is 4.20. The molecule has 166 valence electrons. The van der Waals surface area contributed by atoms with Gasteiger partial charge in [0.05, 0.1) is 24.1 Å². The summed E-state index contributed by atoms with van der Waals surface area (Å²) in [6.07, 6.45) is -0.617. The lowest BCUT2D eigenvalue weighted by atomic mass is 10.1. The van der Waals surface area contributed by atoms with E-state index < -0.39 is 6.10 Å². The first kappa shape index (κ1) is 25.4. The topological polar surface area (TPSA) is 69.1 Å². The molecule has 0 radical (unpaired) electrons. The van der Waals surface area contributed by atoms with Gasteiger partial charge >= 0.3 is 0 Å². The first-order valence-corrected chi connectivity index (χ1v) is 11.2. The minimum atomic E-state index is -0.617. The van der Waals surface area contributed by atoms with Crippen molar-refractivity contribution in [2.75, 3.05) is 39.4 Å². The van der Waals surface area contributed by atoms with E-state index in [2.05, 4.69) is 44.8 Å². The Morgan fingerprint density at radius 2 is 2.00 bits per heavy atom. The molecule has 0 bridgehead atoms. The Kier molecular flexibility index (Phi) is 11.4. The highest BCUT2D eigenvalue weighted by atomic mass is 127. The Morgan fingerprint density at radius 3 is 2.70 bits per heavy atom. The number of aliphatic hydroxyl groups excluding tert-OH is 1. The van der Waals surface area contributed by atoms with Gasteiger partial charge in [0.25, 0.3) is 0 Å². The van der Waals surface area contributed by atoms with E-state index in [4.69, 9.17) is 16.3 Å². The van der Waals surface area contributed by atoms with Crippen molar-refractivity contribution >= 4 is 52.9 Å². The fourth-order valence-electron chi connectivity index (χ4n) is 3.16. The van der Waals surface area contributed by atoms with E-state index in [0.717, 1.165) is 44.3 Å². The number of guanidine groups is 1. The summed E-state index contributed by atoms with van der Waals surface area (Å²) in [5.41, 5.74) is 2.46. The van der Waals surface area contributed by atoms with Crippen molar-refractivity contribution < 1.29 is 9.84 Å². The number of nitrogens with zero attached hydrogens (tertiary/aromatic N) is 2. The van der Waals surface area contributed by atoms with Gasteiger partial charge in [-0.05, 0) is 30.2 Å². The predicted molar refractivity (Wildman–Crippen MR) is 135 cm³/mol. The van der Waals surface area contributed by atoms with E-state index in [1.807, 2.05) is 13.0 Å². The number of morpholine rings is 1. The molecule has 1 atom stereocenters. The van der Waals surface area contributed by atoms with Gasteiger partial charge in [-0.1, -0.05) is 35.9 Å². The van der Waals surface area contributed by atoms with Crippen LogP contribution in [-0.4, -0.2) is 55.4 Å². The second-order valence-electron chi connectivity index (χ2n) is 6.94. The van der Waals surface area contributed by atoms with Gasteiger partial charge in [0.1, 0.15) is 6.10 Å². The number of hydrogen-bond donors (Lipinski definition) is 3. The summed E-state index contributed by atoms with van der Waals surface area (Å²) in [7, 11) is 0. The number of hydrogen-bond acceptors (Lipinski definition) is 5. The summed E-state index contributed by atoms with van der Waals surface area (Å²) in [6, 6.07) is 12.2. The van der Waals surface area contributed by atoms with E-state index in [0.29, 0.717) is 23.4 Å². The summed E-state index contributed by atoms with van der Waals surface area (Å²) in [5, 5.41) is 16.8. The number of rotatable bonds is 8. The minimum Gasteiger partial charge on any atom is -0.386 e. The normalized spacial score (nSPS) is 16.0. The van der Waals surface area contributed by atoms with Crippen molar-refractivity contribution in [3.05, 3.63) is 56.7 Å². The summed E-state index contributed by atoms with van der Waals surface area (Å²) < 4.78 is 6.10. The molecule has 0 saturated carbocycles. The molecule has 0 aliphatic carbocycles. The minimum absolute atomic E-state index is 0. The van der Waals surface area contributed by atoms with Gasteiger partial charge in [-0.15, -0.1) is 35.3 Å². The Labute approximate surface area is 204 Å². The van der Waals surface area contributed by atoms with Gasteiger partial charge in [0.15, 0.2) is 5.96 Å². The Bertz CT molecular complexity index is 799. The highest BCUT2D eigenvalue weighted by molar-refractivity contribution is 14.0. The molecule has 30 heavy (non-hydrogen) atoms. The van der Waals surface area contributed by atoms with Gasteiger partial charge in [0, 0.05) is 37.6 Å². The van der Waals surface area contributed by atoms with Crippen LogP contribution in [0.1, 0.15) is 29.0 Å². The number of ether oxygens (including phenoxy) is 1. The van der Waals surface area contributed by atoms with E-state index in [-0.39, 0.29) is 24.0 Å². The first-order valence-electron chi connectivity index (χ1n) is 9.97. The highest BCUT2D eigenvalue weighted by Gasteiger charge is 2.12. The molecule has 1 aromatic heterocycles. The largest absolute Gasteiger partial charge is 0.386 e. The Balaban J connectivity index is 0.00000320. The summed E-state index contributed by atoms with van der Waals surface area (Å²) in [6.45, 7) is 8.25. The van der Waals surface area contributed by atoms with E-state index in [9.17, 15) is 5.11 Å². The predicted octanol–water partition coefficient (Wildman–Crippen LogP) is 3.64. The smallest absolute Gasteiger partial charge is 0.191 e. The molecule has 2 aromatic rings. The van der Waals surface area contributed by atoms with Crippen LogP contribution in [0.2, 0.25) is 4.34 Å². The lowest BCUT2D eigenvalue weighted by Crippen LogP contribution is -2.39. The second kappa shape index (κ2) is 13.5. The maximum atomic E-state index is 10.3. The van der Waals surface area contributed by atoms with Crippen LogP contribution in [0, 0.1) is 0 Å². The number of benzene rings is 1.